The fourth-order valence-corrected chi connectivity index (χ4v) is 1.77. The largest absolute Gasteiger partial charge is 0.480 e. The van der Waals surface area contributed by atoms with Crippen LogP contribution < -0.4 is 11.5 Å². The summed E-state index contributed by atoms with van der Waals surface area (Å²) >= 11 is 0. The molecule has 6 heteroatoms. The molecule has 2 atom stereocenters. The van der Waals surface area contributed by atoms with Crippen molar-refractivity contribution in [3.05, 3.63) is 0 Å². The van der Waals surface area contributed by atoms with Crippen LogP contribution in [0.2, 0.25) is 0 Å². The van der Waals surface area contributed by atoms with E-state index in [1.54, 1.807) is 0 Å². The molecular formula is C9H17N3O3. The molecule has 0 aromatic carbocycles. The van der Waals surface area contributed by atoms with Crippen LogP contribution in [0.5, 0.6) is 0 Å². The molecule has 0 bridgehead atoms. The molecule has 1 heterocycles. The van der Waals surface area contributed by atoms with E-state index in [2.05, 4.69) is 0 Å². The van der Waals surface area contributed by atoms with Crippen LogP contribution in [0.25, 0.3) is 0 Å². The maximum Gasteiger partial charge on any atom is 0.326 e. The molecule has 0 radical (unpaired) electrons. The molecule has 0 saturated carbocycles. The van der Waals surface area contributed by atoms with Gasteiger partial charge in [-0.05, 0) is 19.3 Å². The number of rotatable bonds is 3. The van der Waals surface area contributed by atoms with Crippen LogP contribution in [0, 0.1) is 0 Å². The predicted octanol–water partition coefficient (Wildman–Crippen LogP) is -1.26. The van der Waals surface area contributed by atoms with E-state index < -0.39 is 18.1 Å². The Bertz CT molecular complexity index is 257. The molecule has 0 aromatic rings. The minimum atomic E-state index is -0.965. The first-order chi connectivity index (χ1) is 7.07. The van der Waals surface area contributed by atoms with Gasteiger partial charge >= 0.3 is 5.97 Å². The van der Waals surface area contributed by atoms with E-state index in [0.29, 0.717) is 13.0 Å². The lowest BCUT2D eigenvalue weighted by Crippen LogP contribution is -2.55. The van der Waals surface area contributed by atoms with Gasteiger partial charge in [0.25, 0.3) is 0 Å². The zero-order chi connectivity index (χ0) is 11.4. The number of piperidine rings is 1. The Morgan fingerprint density at radius 3 is 2.67 bits per heavy atom. The molecule has 0 aliphatic carbocycles. The lowest BCUT2D eigenvalue weighted by atomic mass is 10.0. The molecule has 1 saturated heterocycles. The van der Waals surface area contributed by atoms with Crippen molar-refractivity contribution in [2.45, 2.75) is 31.3 Å². The molecule has 1 rings (SSSR count). The van der Waals surface area contributed by atoms with Crippen molar-refractivity contribution >= 4 is 11.9 Å². The van der Waals surface area contributed by atoms with Gasteiger partial charge in [0.1, 0.15) is 6.04 Å². The summed E-state index contributed by atoms with van der Waals surface area (Å²) < 4.78 is 0. The summed E-state index contributed by atoms with van der Waals surface area (Å²) in [6.07, 6.45) is 2.16. The quantitative estimate of drug-likeness (QED) is 0.544. The topological polar surface area (TPSA) is 110 Å². The number of nitrogens with zero attached hydrogens (tertiary/aromatic N) is 1. The first-order valence-electron chi connectivity index (χ1n) is 5.07. The SMILES string of the molecule is NC[C@H](N)C(=O)N1CCCC[C@H]1C(=O)O. The monoisotopic (exact) mass is 215 g/mol. The third-order valence-corrected chi connectivity index (χ3v) is 2.64. The molecule has 86 valence electrons. The summed E-state index contributed by atoms with van der Waals surface area (Å²) in [5.74, 6) is -1.32. The van der Waals surface area contributed by atoms with Crippen molar-refractivity contribution in [3.8, 4) is 0 Å². The van der Waals surface area contributed by atoms with Gasteiger partial charge in [-0.25, -0.2) is 4.79 Å². The second-order valence-corrected chi connectivity index (χ2v) is 3.72. The van der Waals surface area contributed by atoms with Gasteiger partial charge in [0, 0.05) is 13.1 Å². The van der Waals surface area contributed by atoms with Gasteiger partial charge in [-0.15, -0.1) is 0 Å². The number of hydrogen-bond acceptors (Lipinski definition) is 4. The highest BCUT2D eigenvalue weighted by Crippen LogP contribution is 2.17. The highest BCUT2D eigenvalue weighted by Gasteiger charge is 2.33. The van der Waals surface area contributed by atoms with Gasteiger partial charge in [-0.1, -0.05) is 0 Å². The van der Waals surface area contributed by atoms with Crippen molar-refractivity contribution in [2.75, 3.05) is 13.1 Å². The summed E-state index contributed by atoms with van der Waals surface area (Å²) in [4.78, 5) is 24.0. The maximum absolute atomic E-state index is 11.7. The van der Waals surface area contributed by atoms with Crippen LogP contribution in [0.3, 0.4) is 0 Å². The summed E-state index contributed by atoms with van der Waals surface area (Å²) in [5.41, 5.74) is 10.8. The van der Waals surface area contributed by atoms with Crippen LogP contribution in [0.1, 0.15) is 19.3 Å². The van der Waals surface area contributed by atoms with Gasteiger partial charge in [0.15, 0.2) is 0 Å². The Morgan fingerprint density at radius 1 is 1.47 bits per heavy atom. The normalized spacial score (nSPS) is 23.6. The Kier molecular flexibility index (Phi) is 4.05. The number of nitrogens with two attached hydrogens (primary N) is 2. The number of carboxylic acids is 1. The highest BCUT2D eigenvalue weighted by atomic mass is 16.4. The van der Waals surface area contributed by atoms with E-state index in [1.807, 2.05) is 0 Å². The van der Waals surface area contributed by atoms with Crippen molar-refractivity contribution in [3.63, 3.8) is 0 Å². The second kappa shape index (κ2) is 5.09. The minimum Gasteiger partial charge on any atom is -0.480 e. The number of hydrogen-bond donors (Lipinski definition) is 3. The highest BCUT2D eigenvalue weighted by molar-refractivity contribution is 5.87. The molecule has 15 heavy (non-hydrogen) atoms. The van der Waals surface area contributed by atoms with Gasteiger partial charge in [-0.3, -0.25) is 4.79 Å². The zero-order valence-corrected chi connectivity index (χ0v) is 8.56. The fourth-order valence-electron chi connectivity index (χ4n) is 1.77. The second-order valence-electron chi connectivity index (χ2n) is 3.72. The summed E-state index contributed by atoms with van der Waals surface area (Å²) in [6, 6.07) is -1.52. The number of likely N-dealkylation sites (tertiary alicyclic amines) is 1. The molecule has 1 aliphatic heterocycles. The Balaban J connectivity index is 2.71. The van der Waals surface area contributed by atoms with Crippen LogP contribution in [-0.4, -0.2) is 47.1 Å². The molecule has 1 amide bonds. The fraction of sp³-hybridized carbons (Fsp3) is 0.778. The van der Waals surface area contributed by atoms with Crippen LogP contribution in [0.15, 0.2) is 0 Å². The standard InChI is InChI=1S/C9H17N3O3/c10-5-6(11)8(13)12-4-2-1-3-7(12)9(14)15/h6-7H,1-5,10-11H2,(H,14,15)/t6-,7-/m0/s1. The van der Waals surface area contributed by atoms with Gasteiger partial charge in [0.2, 0.25) is 5.91 Å². The van der Waals surface area contributed by atoms with Gasteiger partial charge in [0.05, 0.1) is 6.04 Å². The number of carbonyl (C=O) groups is 2. The van der Waals surface area contributed by atoms with E-state index in [0.717, 1.165) is 12.8 Å². The maximum atomic E-state index is 11.7. The Morgan fingerprint density at radius 2 is 2.13 bits per heavy atom. The van der Waals surface area contributed by atoms with Crippen molar-refractivity contribution < 1.29 is 14.7 Å². The Labute approximate surface area is 88.2 Å². The average Bonchev–Trinajstić information content (AvgIpc) is 2.27. The lowest BCUT2D eigenvalue weighted by molar-refractivity contribution is -0.152. The molecule has 6 nitrogen and oxygen atoms in total. The first-order valence-corrected chi connectivity index (χ1v) is 5.07. The van der Waals surface area contributed by atoms with E-state index in [4.69, 9.17) is 16.6 Å². The van der Waals surface area contributed by atoms with Crippen molar-refractivity contribution in [1.29, 1.82) is 0 Å². The number of carboxylic acid groups (broad SMARTS) is 1. The molecule has 0 aromatic heterocycles. The molecule has 0 spiro atoms. The van der Waals surface area contributed by atoms with E-state index in [9.17, 15) is 9.59 Å². The third-order valence-electron chi connectivity index (χ3n) is 2.64. The molecule has 1 fully saturated rings. The van der Waals surface area contributed by atoms with Crippen molar-refractivity contribution in [1.82, 2.24) is 4.90 Å². The Hall–Kier alpha value is -1.14. The van der Waals surface area contributed by atoms with Gasteiger partial charge in [-0.2, -0.15) is 0 Å². The number of aliphatic carboxylic acids is 1. The van der Waals surface area contributed by atoms with Crippen LogP contribution >= 0.6 is 0 Å². The van der Waals surface area contributed by atoms with Gasteiger partial charge < -0.3 is 21.5 Å². The zero-order valence-electron chi connectivity index (χ0n) is 8.56. The summed E-state index contributed by atoms with van der Waals surface area (Å²) in [6.45, 7) is 0.505. The molecule has 1 aliphatic rings. The smallest absolute Gasteiger partial charge is 0.326 e. The van der Waals surface area contributed by atoms with E-state index >= 15 is 0 Å². The van der Waals surface area contributed by atoms with E-state index in [-0.39, 0.29) is 12.5 Å². The number of amides is 1. The van der Waals surface area contributed by atoms with Crippen molar-refractivity contribution in [2.24, 2.45) is 11.5 Å². The summed E-state index contributed by atoms with van der Waals surface area (Å²) in [5, 5.41) is 8.95. The summed E-state index contributed by atoms with van der Waals surface area (Å²) in [7, 11) is 0. The average molecular weight is 215 g/mol. The molecular weight excluding hydrogens is 198 g/mol. The number of carbonyl (C=O) groups excluding carboxylic acids is 1. The molecule has 5 N–H and O–H groups in total. The van der Waals surface area contributed by atoms with E-state index in [1.165, 1.54) is 4.90 Å². The van der Waals surface area contributed by atoms with Crippen LogP contribution in [0.4, 0.5) is 0 Å². The lowest BCUT2D eigenvalue weighted by Gasteiger charge is -2.34. The third kappa shape index (κ3) is 2.66. The predicted molar refractivity (Wildman–Crippen MR) is 54.0 cm³/mol. The minimum absolute atomic E-state index is 0.0433. The van der Waals surface area contributed by atoms with Crippen LogP contribution in [-0.2, 0) is 9.59 Å². The first kappa shape index (κ1) is 11.9. The molecule has 0 unspecified atom stereocenters.